The zero-order valence-electron chi connectivity index (χ0n) is 19.1. The number of pyridine rings is 1. The van der Waals surface area contributed by atoms with E-state index in [4.69, 9.17) is 0 Å². The van der Waals surface area contributed by atoms with Gasteiger partial charge in [0.25, 0.3) is 11.5 Å². The van der Waals surface area contributed by atoms with Crippen LogP contribution in [0.2, 0.25) is 0 Å². The number of sulfonamides is 1. The summed E-state index contributed by atoms with van der Waals surface area (Å²) in [4.78, 5) is 45.2. The number of fused-ring (bicyclic) bond motifs is 1. The molecule has 0 bridgehead atoms. The molecule has 2 heterocycles. The highest BCUT2D eigenvalue weighted by molar-refractivity contribution is 7.92. The van der Waals surface area contributed by atoms with Crippen LogP contribution in [0.4, 0.5) is 11.4 Å². The van der Waals surface area contributed by atoms with Gasteiger partial charge in [0.05, 0.1) is 22.9 Å². The number of aryl methyl sites for hydroxylation is 2. The van der Waals surface area contributed by atoms with E-state index in [0.717, 1.165) is 6.26 Å². The van der Waals surface area contributed by atoms with Crippen molar-refractivity contribution in [1.29, 1.82) is 0 Å². The first kappa shape index (κ1) is 24.2. The maximum atomic E-state index is 13.3. The first-order valence-electron chi connectivity index (χ1n) is 10.5. The molecule has 33 heavy (non-hydrogen) atoms. The lowest BCUT2D eigenvalue weighted by Gasteiger charge is -2.15. The summed E-state index contributed by atoms with van der Waals surface area (Å²) < 4.78 is 27.0. The molecule has 0 unspecified atom stereocenters. The van der Waals surface area contributed by atoms with Gasteiger partial charge in [0.15, 0.2) is 5.65 Å². The van der Waals surface area contributed by atoms with Gasteiger partial charge >= 0.3 is 5.69 Å². The summed E-state index contributed by atoms with van der Waals surface area (Å²) in [5.74, 6) is -0.638. The minimum Gasteiger partial charge on any atom is -0.322 e. The number of amides is 1. The van der Waals surface area contributed by atoms with Crippen molar-refractivity contribution in [3.05, 3.63) is 61.9 Å². The van der Waals surface area contributed by atoms with Crippen LogP contribution in [0.5, 0.6) is 0 Å². The van der Waals surface area contributed by atoms with Crippen LogP contribution in [0.1, 0.15) is 54.7 Å². The number of aromatic amines is 1. The number of nitrogens with one attached hydrogen (secondary N) is 3. The van der Waals surface area contributed by atoms with Crippen molar-refractivity contribution in [2.24, 2.45) is 0 Å². The minimum absolute atomic E-state index is 0.0200. The number of aromatic nitrogens is 3. The summed E-state index contributed by atoms with van der Waals surface area (Å²) in [6, 6.07) is 6.34. The second kappa shape index (κ2) is 9.18. The maximum absolute atomic E-state index is 13.3. The van der Waals surface area contributed by atoms with Crippen molar-refractivity contribution in [2.75, 3.05) is 16.3 Å². The Morgan fingerprint density at radius 1 is 1.21 bits per heavy atom. The molecule has 0 saturated carbocycles. The van der Waals surface area contributed by atoms with Crippen LogP contribution in [0.3, 0.4) is 0 Å². The molecular weight excluding hydrogens is 446 g/mol. The second-order valence-electron chi connectivity index (χ2n) is 8.22. The number of anilines is 2. The largest absolute Gasteiger partial charge is 0.329 e. The Kier molecular flexibility index (Phi) is 6.73. The molecule has 10 nitrogen and oxygen atoms in total. The predicted octanol–water partition coefficient (Wildman–Crippen LogP) is 2.55. The van der Waals surface area contributed by atoms with Gasteiger partial charge in [-0.15, -0.1) is 0 Å². The first-order chi connectivity index (χ1) is 15.4. The van der Waals surface area contributed by atoms with E-state index in [0.29, 0.717) is 35.6 Å². The molecule has 0 aliphatic heterocycles. The van der Waals surface area contributed by atoms with Crippen LogP contribution >= 0.6 is 0 Å². The third-order valence-corrected chi connectivity index (χ3v) is 5.63. The average molecular weight is 474 g/mol. The number of carbonyl (C=O) groups excluding carboxylic acids is 1. The second-order valence-corrected chi connectivity index (χ2v) is 9.97. The van der Waals surface area contributed by atoms with Gasteiger partial charge in [0.2, 0.25) is 10.0 Å². The summed E-state index contributed by atoms with van der Waals surface area (Å²) in [6.45, 7) is 7.75. The third kappa shape index (κ3) is 5.30. The number of hydrogen-bond donors (Lipinski definition) is 3. The Bertz CT molecular complexity index is 1450. The zero-order chi connectivity index (χ0) is 24.5. The lowest BCUT2D eigenvalue weighted by Crippen LogP contribution is -2.32. The molecule has 0 atom stereocenters. The van der Waals surface area contributed by atoms with Gasteiger partial charge in [0.1, 0.15) is 0 Å². The molecular formula is C22H27N5O5S. The highest BCUT2D eigenvalue weighted by atomic mass is 32.2. The van der Waals surface area contributed by atoms with Crippen molar-refractivity contribution in [1.82, 2.24) is 14.5 Å². The monoisotopic (exact) mass is 473 g/mol. The van der Waals surface area contributed by atoms with E-state index in [1.807, 2.05) is 20.8 Å². The lowest BCUT2D eigenvalue weighted by atomic mass is 10.0. The summed E-state index contributed by atoms with van der Waals surface area (Å²) in [6.07, 6.45) is 1.67. The van der Waals surface area contributed by atoms with Gasteiger partial charge in [-0.25, -0.2) is 18.2 Å². The van der Waals surface area contributed by atoms with Crippen molar-refractivity contribution in [3.63, 3.8) is 0 Å². The Morgan fingerprint density at radius 2 is 1.91 bits per heavy atom. The number of H-pyrrole nitrogens is 1. The molecule has 0 fully saturated rings. The first-order valence-corrected chi connectivity index (χ1v) is 12.4. The summed E-state index contributed by atoms with van der Waals surface area (Å²) in [5, 5.41) is 2.74. The molecule has 0 spiro atoms. The fraction of sp³-hybridized carbons (Fsp3) is 0.364. The molecule has 0 aliphatic rings. The average Bonchev–Trinajstić information content (AvgIpc) is 2.71. The lowest BCUT2D eigenvalue weighted by molar-refractivity contribution is 0.102. The van der Waals surface area contributed by atoms with Crippen LogP contribution < -0.4 is 21.3 Å². The molecule has 11 heteroatoms. The Hall–Kier alpha value is -3.47. The van der Waals surface area contributed by atoms with Crippen LogP contribution in [-0.2, 0) is 16.6 Å². The molecule has 1 amide bonds. The predicted molar refractivity (Wildman–Crippen MR) is 129 cm³/mol. The highest BCUT2D eigenvalue weighted by Crippen LogP contribution is 2.24. The van der Waals surface area contributed by atoms with Gasteiger partial charge in [-0.05, 0) is 43.0 Å². The number of carbonyl (C=O) groups is 1. The molecule has 3 N–H and O–H groups in total. The topological polar surface area (TPSA) is 143 Å². The summed E-state index contributed by atoms with van der Waals surface area (Å²) in [5.41, 5.74) is 0.861. The third-order valence-electron chi connectivity index (χ3n) is 5.04. The SMILES string of the molecule is CCCn1c(=O)[nH]c(=O)c2c(C(=O)Nc3ccc(C)c(NS(C)(=O)=O)c3)cc(C(C)C)nc21. The zero-order valence-corrected chi connectivity index (χ0v) is 20.0. The van der Waals surface area contributed by atoms with Crippen LogP contribution in [0.15, 0.2) is 33.9 Å². The number of hydrogen-bond acceptors (Lipinski definition) is 6. The van der Waals surface area contributed by atoms with Crippen molar-refractivity contribution in [3.8, 4) is 0 Å². The van der Waals surface area contributed by atoms with Gasteiger partial charge in [-0.2, -0.15) is 0 Å². The maximum Gasteiger partial charge on any atom is 0.329 e. The van der Waals surface area contributed by atoms with Gasteiger partial charge in [-0.1, -0.05) is 26.8 Å². The van der Waals surface area contributed by atoms with E-state index in [9.17, 15) is 22.8 Å². The fourth-order valence-corrected chi connectivity index (χ4v) is 4.03. The summed E-state index contributed by atoms with van der Waals surface area (Å²) >= 11 is 0. The number of nitrogens with zero attached hydrogens (tertiary/aromatic N) is 2. The van der Waals surface area contributed by atoms with E-state index in [1.165, 1.54) is 10.6 Å². The van der Waals surface area contributed by atoms with E-state index in [2.05, 4.69) is 20.0 Å². The standard InChI is InChI=1S/C22H27N5O5S/c1-6-9-27-19-18(21(29)25-22(27)30)15(11-16(24-19)12(2)3)20(28)23-14-8-7-13(4)17(10-14)26-33(5,31)32/h7-8,10-12,26H,6,9H2,1-5H3,(H,23,28)(H,25,29,30). The van der Waals surface area contributed by atoms with E-state index in [1.54, 1.807) is 25.1 Å². The van der Waals surface area contributed by atoms with Crippen LogP contribution in [-0.4, -0.2) is 35.1 Å². The normalized spacial score (nSPS) is 11.7. The van der Waals surface area contributed by atoms with E-state index >= 15 is 0 Å². The Morgan fingerprint density at radius 3 is 2.52 bits per heavy atom. The van der Waals surface area contributed by atoms with Crippen molar-refractivity contribution >= 4 is 38.3 Å². The number of rotatable bonds is 7. The van der Waals surface area contributed by atoms with Gasteiger partial charge < -0.3 is 5.32 Å². The molecule has 0 saturated heterocycles. The fourth-order valence-electron chi connectivity index (χ4n) is 3.41. The molecule has 176 valence electrons. The van der Waals surface area contributed by atoms with E-state index < -0.39 is 27.2 Å². The van der Waals surface area contributed by atoms with Crippen LogP contribution in [0.25, 0.3) is 11.0 Å². The van der Waals surface area contributed by atoms with Crippen LogP contribution in [0, 0.1) is 6.92 Å². The highest BCUT2D eigenvalue weighted by Gasteiger charge is 2.21. The van der Waals surface area contributed by atoms with Crippen molar-refractivity contribution < 1.29 is 13.2 Å². The molecule has 0 radical (unpaired) electrons. The summed E-state index contributed by atoms with van der Waals surface area (Å²) in [7, 11) is -3.51. The molecule has 3 aromatic rings. The molecule has 0 aliphatic carbocycles. The molecule has 2 aromatic heterocycles. The smallest absolute Gasteiger partial charge is 0.322 e. The quantitative estimate of drug-likeness (QED) is 0.481. The molecule has 1 aromatic carbocycles. The van der Waals surface area contributed by atoms with Gasteiger partial charge in [0, 0.05) is 17.9 Å². The Labute approximate surface area is 191 Å². The van der Waals surface area contributed by atoms with Gasteiger partial charge in [-0.3, -0.25) is 23.9 Å². The molecule has 3 rings (SSSR count). The van der Waals surface area contributed by atoms with Crippen molar-refractivity contribution in [2.45, 2.75) is 46.6 Å². The Balaban J connectivity index is 2.16. The number of benzene rings is 1. The van der Waals surface area contributed by atoms with E-state index in [-0.39, 0.29) is 22.5 Å². The minimum atomic E-state index is -3.51.